The van der Waals surface area contributed by atoms with E-state index >= 15 is 0 Å². The first-order valence-electron chi connectivity index (χ1n) is 10.7. The van der Waals surface area contributed by atoms with Gasteiger partial charge < -0.3 is 20.2 Å². The van der Waals surface area contributed by atoms with E-state index in [2.05, 4.69) is 10.3 Å². The average Bonchev–Trinajstić information content (AvgIpc) is 3.31. The van der Waals surface area contributed by atoms with Gasteiger partial charge in [-0.2, -0.15) is 0 Å². The largest absolute Gasteiger partial charge is 0.452 e. The highest BCUT2D eigenvalue weighted by molar-refractivity contribution is 6.10. The van der Waals surface area contributed by atoms with Crippen molar-refractivity contribution in [3.8, 4) is 11.5 Å². The quantitative estimate of drug-likeness (QED) is 0.355. The molecule has 0 bridgehead atoms. The molecule has 0 saturated heterocycles. The first-order valence-corrected chi connectivity index (χ1v) is 10.7. The third-order valence-electron chi connectivity index (χ3n) is 5.44. The number of hydrogen-bond acceptors (Lipinski definition) is 6. The van der Waals surface area contributed by atoms with E-state index in [0.717, 1.165) is 5.39 Å². The molecule has 1 aromatic heterocycles. The molecule has 2 amide bonds. The van der Waals surface area contributed by atoms with Crippen LogP contribution in [0.4, 0.5) is 5.69 Å². The second-order valence-electron chi connectivity index (χ2n) is 7.76. The Kier molecular flexibility index (Phi) is 5.68. The van der Waals surface area contributed by atoms with Gasteiger partial charge in [0, 0.05) is 22.2 Å². The van der Waals surface area contributed by atoms with Crippen molar-refractivity contribution >= 4 is 45.3 Å². The van der Waals surface area contributed by atoms with E-state index in [1.807, 2.05) is 48.5 Å². The zero-order chi connectivity index (χ0) is 24.4. The molecule has 4 aromatic carbocycles. The van der Waals surface area contributed by atoms with Gasteiger partial charge in [0.25, 0.3) is 5.91 Å². The van der Waals surface area contributed by atoms with Crippen LogP contribution in [-0.2, 0) is 9.53 Å². The maximum absolute atomic E-state index is 13.0. The summed E-state index contributed by atoms with van der Waals surface area (Å²) in [5.74, 6) is -1.36. The first-order chi connectivity index (χ1) is 17.0. The normalized spacial score (nSPS) is 10.9. The summed E-state index contributed by atoms with van der Waals surface area (Å²) in [7, 11) is 0. The number of para-hydroxylation sites is 2. The fourth-order valence-corrected chi connectivity index (χ4v) is 3.80. The summed E-state index contributed by atoms with van der Waals surface area (Å²) in [5, 5.41) is 4.03. The molecule has 0 spiro atoms. The predicted octanol–water partition coefficient (Wildman–Crippen LogP) is 4.54. The lowest BCUT2D eigenvalue weighted by Crippen LogP contribution is -2.21. The van der Waals surface area contributed by atoms with Gasteiger partial charge in [0.15, 0.2) is 12.2 Å². The van der Waals surface area contributed by atoms with E-state index in [1.54, 1.807) is 12.1 Å². The number of oxazole rings is 1. The highest BCUT2D eigenvalue weighted by atomic mass is 16.5. The number of nitrogens with zero attached hydrogens (tertiary/aromatic N) is 1. The number of rotatable bonds is 6. The zero-order valence-electron chi connectivity index (χ0n) is 18.4. The smallest absolute Gasteiger partial charge is 0.339 e. The maximum atomic E-state index is 13.0. The van der Waals surface area contributed by atoms with Gasteiger partial charge >= 0.3 is 5.97 Å². The monoisotopic (exact) mass is 465 g/mol. The highest BCUT2D eigenvalue weighted by Gasteiger charge is 2.19. The van der Waals surface area contributed by atoms with Crippen molar-refractivity contribution < 1.29 is 23.5 Å². The number of hydrogen-bond donors (Lipinski definition) is 2. The Balaban J connectivity index is 1.38. The molecule has 0 aliphatic rings. The number of anilines is 1. The van der Waals surface area contributed by atoms with E-state index < -0.39 is 24.4 Å². The van der Waals surface area contributed by atoms with Crippen LogP contribution in [0.5, 0.6) is 0 Å². The van der Waals surface area contributed by atoms with E-state index in [0.29, 0.717) is 44.8 Å². The van der Waals surface area contributed by atoms with Gasteiger partial charge in [-0.1, -0.05) is 36.4 Å². The Morgan fingerprint density at radius 1 is 0.886 bits per heavy atom. The number of esters is 1. The molecular weight excluding hydrogens is 446 g/mol. The minimum Gasteiger partial charge on any atom is -0.452 e. The fourth-order valence-electron chi connectivity index (χ4n) is 3.80. The molecule has 8 nitrogen and oxygen atoms in total. The molecule has 5 aromatic rings. The molecule has 0 aliphatic heterocycles. The van der Waals surface area contributed by atoms with Crippen LogP contribution in [0.1, 0.15) is 20.7 Å². The van der Waals surface area contributed by atoms with Crippen molar-refractivity contribution in [2.45, 2.75) is 0 Å². The van der Waals surface area contributed by atoms with Crippen molar-refractivity contribution in [2.75, 3.05) is 11.9 Å². The van der Waals surface area contributed by atoms with Crippen LogP contribution in [0.3, 0.4) is 0 Å². The van der Waals surface area contributed by atoms with Gasteiger partial charge in [0.2, 0.25) is 11.8 Å². The third kappa shape index (κ3) is 4.45. The van der Waals surface area contributed by atoms with E-state index in [4.69, 9.17) is 14.9 Å². The molecule has 35 heavy (non-hydrogen) atoms. The summed E-state index contributed by atoms with van der Waals surface area (Å²) in [5.41, 5.74) is 8.26. The van der Waals surface area contributed by atoms with Crippen molar-refractivity contribution in [3.63, 3.8) is 0 Å². The van der Waals surface area contributed by atoms with Gasteiger partial charge in [-0.05, 0) is 53.9 Å². The molecule has 0 unspecified atom stereocenters. The molecule has 0 fully saturated rings. The molecule has 5 rings (SSSR count). The average molecular weight is 465 g/mol. The van der Waals surface area contributed by atoms with E-state index in [-0.39, 0.29) is 0 Å². The highest BCUT2D eigenvalue weighted by Crippen LogP contribution is 2.33. The molecule has 1 heterocycles. The maximum Gasteiger partial charge on any atom is 0.339 e. The summed E-state index contributed by atoms with van der Waals surface area (Å²) >= 11 is 0. The Morgan fingerprint density at radius 3 is 2.37 bits per heavy atom. The minimum atomic E-state index is -0.654. The van der Waals surface area contributed by atoms with Crippen LogP contribution in [0.2, 0.25) is 0 Å². The number of carbonyl (C=O) groups is 3. The van der Waals surface area contributed by atoms with Crippen molar-refractivity contribution in [1.82, 2.24) is 4.98 Å². The number of primary amides is 1. The third-order valence-corrected chi connectivity index (χ3v) is 5.44. The Morgan fingerprint density at radius 2 is 1.63 bits per heavy atom. The topological polar surface area (TPSA) is 125 Å². The van der Waals surface area contributed by atoms with Gasteiger partial charge in [-0.15, -0.1) is 0 Å². The van der Waals surface area contributed by atoms with Gasteiger partial charge in [-0.3, -0.25) is 9.59 Å². The second-order valence-corrected chi connectivity index (χ2v) is 7.76. The molecule has 3 N–H and O–H groups in total. The number of nitrogens with one attached hydrogen (secondary N) is 1. The standard InChI is InChI=1S/C27H19N3O5/c28-25(32)17-11-13-18(14-12-17)29-23(31)15-34-27(33)20-8-4-6-16-5-3-7-19(24(16)20)26-30-21-9-1-2-10-22(21)35-26/h1-14H,15H2,(H2,28,32)(H,29,31). The number of benzene rings is 4. The lowest BCUT2D eigenvalue weighted by atomic mass is 9.99. The van der Waals surface area contributed by atoms with Crippen molar-refractivity contribution in [3.05, 3.63) is 96.1 Å². The minimum absolute atomic E-state index is 0.291. The summed E-state index contributed by atoms with van der Waals surface area (Å²) in [6, 6.07) is 24.3. The summed E-state index contributed by atoms with van der Waals surface area (Å²) in [6.45, 7) is -0.488. The number of aromatic nitrogens is 1. The predicted molar refractivity (Wildman–Crippen MR) is 131 cm³/mol. The lowest BCUT2D eigenvalue weighted by Gasteiger charge is -2.10. The van der Waals surface area contributed by atoms with Crippen molar-refractivity contribution in [2.24, 2.45) is 5.73 Å². The molecule has 0 aliphatic carbocycles. The molecular formula is C27H19N3O5. The van der Waals surface area contributed by atoms with Gasteiger partial charge in [0.05, 0.1) is 5.56 Å². The number of carbonyl (C=O) groups excluding carboxylic acids is 3. The Labute approximate surface area is 199 Å². The second kappa shape index (κ2) is 9.11. The molecule has 0 saturated carbocycles. The van der Waals surface area contributed by atoms with Crippen LogP contribution >= 0.6 is 0 Å². The SMILES string of the molecule is NC(=O)c1ccc(NC(=O)COC(=O)c2cccc3cccc(-c4nc5ccccc5o4)c23)cc1. The Bertz CT molecular complexity index is 1550. The molecule has 8 heteroatoms. The first kappa shape index (κ1) is 21.8. The van der Waals surface area contributed by atoms with Crippen LogP contribution in [0.25, 0.3) is 33.3 Å². The van der Waals surface area contributed by atoms with Crippen LogP contribution < -0.4 is 11.1 Å². The van der Waals surface area contributed by atoms with E-state index in [1.165, 1.54) is 24.3 Å². The number of fused-ring (bicyclic) bond motifs is 2. The van der Waals surface area contributed by atoms with Crippen molar-refractivity contribution in [1.29, 1.82) is 0 Å². The molecule has 0 radical (unpaired) electrons. The van der Waals surface area contributed by atoms with Crippen LogP contribution in [-0.4, -0.2) is 29.4 Å². The van der Waals surface area contributed by atoms with Crippen LogP contribution in [0.15, 0.2) is 89.3 Å². The number of amides is 2. The fraction of sp³-hybridized carbons (Fsp3) is 0.0370. The van der Waals surface area contributed by atoms with E-state index in [9.17, 15) is 14.4 Å². The molecule has 0 atom stereocenters. The molecule has 172 valence electrons. The summed E-state index contributed by atoms with van der Waals surface area (Å²) in [4.78, 5) is 41.0. The van der Waals surface area contributed by atoms with Gasteiger partial charge in [0.1, 0.15) is 5.52 Å². The number of ether oxygens (including phenoxy) is 1. The zero-order valence-corrected chi connectivity index (χ0v) is 18.4. The van der Waals surface area contributed by atoms with Gasteiger partial charge in [-0.25, -0.2) is 9.78 Å². The lowest BCUT2D eigenvalue weighted by molar-refractivity contribution is -0.119. The van der Waals surface area contributed by atoms with Crippen LogP contribution in [0, 0.1) is 0 Å². The summed E-state index contributed by atoms with van der Waals surface area (Å²) in [6.07, 6.45) is 0. The Hall–Kier alpha value is -4.98. The number of nitrogens with two attached hydrogens (primary N) is 1. The summed E-state index contributed by atoms with van der Waals surface area (Å²) < 4.78 is 11.2.